The summed E-state index contributed by atoms with van der Waals surface area (Å²) >= 11 is 6.10. The third kappa shape index (κ3) is 5.08. The highest BCUT2D eigenvalue weighted by Crippen LogP contribution is 2.21. The van der Waals surface area contributed by atoms with Crippen molar-refractivity contribution < 1.29 is 4.39 Å². The molecule has 0 unspecified atom stereocenters. The molecule has 4 aromatic rings. The molecule has 0 aliphatic heterocycles. The molecule has 3 aromatic carbocycles. The van der Waals surface area contributed by atoms with Gasteiger partial charge in [0, 0.05) is 23.7 Å². The van der Waals surface area contributed by atoms with Crippen LogP contribution in [0.3, 0.4) is 0 Å². The van der Waals surface area contributed by atoms with Gasteiger partial charge in [0.25, 0.3) is 0 Å². The Morgan fingerprint density at radius 1 is 0.828 bits per heavy atom. The first-order valence-electron chi connectivity index (χ1n) is 9.36. The van der Waals surface area contributed by atoms with E-state index in [1.807, 2.05) is 54.6 Å². The molecule has 6 heteroatoms. The van der Waals surface area contributed by atoms with Crippen molar-refractivity contribution in [2.24, 2.45) is 0 Å². The van der Waals surface area contributed by atoms with E-state index < -0.39 is 0 Å². The summed E-state index contributed by atoms with van der Waals surface area (Å²) in [6, 6.07) is 24.2. The Morgan fingerprint density at radius 2 is 1.62 bits per heavy atom. The molecule has 0 bridgehead atoms. The van der Waals surface area contributed by atoms with Crippen LogP contribution in [0.5, 0.6) is 0 Å². The maximum absolute atomic E-state index is 13.1. The summed E-state index contributed by atoms with van der Waals surface area (Å²) in [4.78, 5) is 1.70. The predicted molar refractivity (Wildman–Crippen MR) is 113 cm³/mol. The maximum Gasteiger partial charge on any atom is 0.123 e. The predicted octanol–water partition coefficient (Wildman–Crippen LogP) is 5.08. The van der Waals surface area contributed by atoms with Gasteiger partial charge in [-0.3, -0.25) is 0 Å². The van der Waals surface area contributed by atoms with Gasteiger partial charge in [-0.05, 0) is 35.4 Å². The fourth-order valence-corrected chi connectivity index (χ4v) is 3.33. The summed E-state index contributed by atoms with van der Waals surface area (Å²) in [5.74, 6) is -0.232. The Morgan fingerprint density at radius 3 is 2.38 bits per heavy atom. The van der Waals surface area contributed by atoms with Crippen LogP contribution in [0, 0.1) is 5.82 Å². The molecule has 146 valence electrons. The lowest BCUT2D eigenvalue weighted by Gasteiger charge is -2.04. The van der Waals surface area contributed by atoms with Gasteiger partial charge >= 0.3 is 0 Å². The first-order chi connectivity index (χ1) is 14.2. The van der Waals surface area contributed by atoms with E-state index in [2.05, 4.69) is 5.32 Å². The molecule has 0 radical (unpaired) electrons. The van der Waals surface area contributed by atoms with Crippen LogP contribution in [0.4, 0.5) is 4.39 Å². The number of nitrogens with one attached hydrogen (secondary N) is 1. The molecule has 29 heavy (non-hydrogen) atoms. The fraction of sp³-hybridized carbons (Fsp3) is 0.130. The quantitative estimate of drug-likeness (QED) is 0.465. The molecule has 1 heterocycles. The van der Waals surface area contributed by atoms with Crippen molar-refractivity contribution in [3.8, 4) is 11.3 Å². The van der Waals surface area contributed by atoms with Gasteiger partial charge < -0.3 is 5.32 Å². The van der Waals surface area contributed by atoms with Crippen LogP contribution in [-0.2, 0) is 19.6 Å². The highest BCUT2D eigenvalue weighted by atomic mass is 35.5. The lowest BCUT2D eigenvalue weighted by molar-refractivity contribution is 0.576. The Balaban J connectivity index is 1.54. The minimum atomic E-state index is -0.232. The third-order valence-electron chi connectivity index (χ3n) is 4.52. The van der Waals surface area contributed by atoms with Gasteiger partial charge in [-0.1, -0.05) is 66.2 Å². The highest BCUT2D eigenvalue weighted by Gasteiger charge is 2.13. The number of benzene rings is 3. The number of hydrogen-bond acceptors (Lipinski definition) is 3. The molecule has 0 amide bonds. The van der Waals surface area contributed by atoms with Crippen LogP contribution >= 0.6 is 11.6 Å². The van der Waals surface area contributed by atoms with Crippen molar-refractivity contribution in [3.05, 3.63) is 107 Å². The second kappa shape index (κ2) is 8.99. The van der Waals surface area contributed by atoms with Gasteiger partial charge in [0.2, 0.25) is 0 Å². The van der Waals surface area contributed by atoms with Crippen molar-refractivity contribution in [2.75, 3.05) is 0 Å². The largest absolute Gasteiger partial charge is 0.307 e. The van der Waals surface area contributed by atoms with E-state index in [1.54, 1.807) is 16.9 Å². The second-order valence-corrected chi connectivity index (χ2v) is 7.19. The molecule has 0 atom stereocenters. The summed E-state index contributed by atoms with van der Waals surface area (Å²) in [5.41, 5.74) is 4.78. The minimum absolute atomic E-state index is 0.232. The standard InChI is InChI=1S/C23H20ClFN4/c24-20-8-4-5-18(13-20)16-29-27-22(23(28-29)19-6-2-1-3-7-19)15-26-14-17-9-11-21(25)12-10-17/h1-13,26H,14-16H2. The van der Waals surface area contributed by atoms with Gasteiger partial charge in [-0.15, -0.1) is 0 Å². The van der Waals surface area contributed by atoms with Crippen LogP contribution in [-0.4, -0.2) is 15.0 Å². The van der Waals surface area contributed by atoms with E-state index in [-0.39, 0.29) is 5.82 Å². The normalized spacial score (nSPS) is 11.0. The minimum Gasteiger partial charge on any atom is -0.307 e. The van der Waals surface area contributed by atoms with Crippen LogP contribution in [0.25, 0.3) is 11.3 Å². The van der Waals surface area contributed by atoms with Crippen molar-refractivity contribution >= 4 is 11.6 Å². The monoisotopic (exact) mass is 406 g/mol. The van der Waals surface area contributed by atoms with E-state index in [0.29, 0.717) is 24.7 Å². The third-order valence-corrected chi connectivity index (χ3v) is 4.76. The summed E-state index contributed by atoms with van der Waals surface area (Å²) in [6.07, 6.45) is 0. The summed E-state index contributed by atoms with van der Waals surface area (Å²) in [6.45, 7) is 1.71. The summed E-state index contributed by atoms with van der Waals surface area (Å²) < 4.78 is 13.1. The van der Waals surface area contributed by atoms with Crippen molar-refractivity contribution in [1.29, 1.82) is 0 Å². The Hall–Kier alpha value is -3.02. The van der Waals surface area contributed by atoms with Gasteiger partial charge in [0.1, 0.15) is 17.2 Å². The van der Waals surface area contributed by atoms with Crippen LogP contribution in [0.15, 0.2) is 78.9 Å². The van der Waals surface area contributed by atoms with Crippen LogP contribution < -0.4 is 5.32 Å². The molecular formula is C23H20ClFN4. The molecule has 0 saturated heterocycles. The Kier molecular flexibility index (Phi) is 5.98. The van der Waals surface area contributed by atoms with Crippen molar-refractivity contribution in [1.82, 2.24) is 20.3 Å². The smallest absolute Gasteiger partial charge is 0.123 e. The molecule has 0 saturated carbocycles. The molecule has 1 N–H and O–H groups in total. The molecule has 0 spiro atoms. The number of nitrogens with zero attached hydrogens (tertiary/aromatic N) is 3. The molecule has 0 fully saturated rings. The highest BCUT2D eigenvalue weighted by molar-refractivity contribution is 6.30. The van der Waals surface area contributed by atoms with Gasteiger partial charge in [0.15, 0.2) is 0 Å². The zero-order chi connectivity index (χ0) is 20.1. The fourth-order valence-electron chi connectivity index (χ4n) is 3.12. The number of aromatic nitrogens is 3. The molecule has 4 rings (SSSR count). The van der Waals surface area contributed by atoms with Gasteiger partial charge in [0.05, 0.1) is 6.54 Å². The summed E-state index contributed by atoms with van der Waals surface area (Å²) in [7, 11) is 0. The van der Waals surface area contributed by atoms with E-state index in [1.165, 1.54) is 12.1 Å². The number of rotatable bonds is 7. The first kappa shape index (κ1) is 19.3. The summed E-state index contributed by atoms with van der Waals surface area (Å²) in [5, 5.41) is 13.5. The molecule has 0 aliphatic carbocycles. The molecular weight excluding hydrogens is 387 g/mol. The van der Waals surface area contributed by atoms with E-state index in [4.69, 9.17) is 21.8 Å². The average molecular weight is 407 g/mol. The molecule has 1 aromatic heterocycles. The lowest BCUT2D eigenvalue weighted by Crippen LogP contribution is -2.14. The molecule has 4 nitrogen and oxygen atoms in total. The first-order valence-corrected chi connectivity index (χ1v) is 9.74. The van der Waals surface area contributed by atoms with E-state index in [0.717, 1.165) is 28.1 Å². The Labute approximate surface area is 174 Å². The topological polar surface area (TPSA) is 42.7 Å². The lowest BCUT2D eigenvalue weighted by atomic mass is 10.1. The zero-order valence-electron chi connectivity index (χ0n) is 15.7. The Bertz CT molecular complexity index is 1080. The van der Waals surface area contributed by atoms with Crippen molar-refractivity contribution in [3.63, 3.8) is 0 Å². The SMILES string of the molecule is Fc1ccc(CNCc2nn(Cc3cccc(Cl)c3)nc2-c2ccccc2)cc1. The van der Waals surface area contributed by atoms with Crippen LogP contribution in [0.1, 0.15) is 16.8 Å². The number of hydrogen-bond donors (Lipinski definition) is 1. The van der Waals surface area contributed by atoms with Crippen LogP contribution in [0.2, 0.25) is 5.02 Å². The van der Waals surface area contributed by atoms with E-state index in [9.17, 15) is 4.39 Å². The number of halogens is 2. The van der Waals surface area contributed by atoms with E-state index >= 15 is 0 Å². The van der Waals surface area contributed by atoms with Gasteiger partial charge in [-0.2, -0.15) is 15.0 Å². The van der Waals surface area contributed by atoms with Crippen molar-refractivity contribution in [2.45, 2.75) is 19.6 Å². The molecule has 0 aliphatic rings. The average Bonchev–Trinajstić information content (AvgIpc) is 3.13. The second-order valence-electron chi connectivity index (χ2n) is 6.75. The van der Waals surface area contributed by atoms with Gasteiger partial charge in [-0.25, -0.2) is 4.39 Å². The maximum atomic E-state index is 13.1. The zero-order valence-corrected chi connectivity index (χ0v) is 16.5.